The highest BCUT2D eigenvalue weighted by atomic mass is 19.1. The minimum Gasteiger partial charge on any atom is -0.397 e. The van der Waals surface area contributed by atoms with E-state index in [-0.39, 0.29) is 30.3 Å². The molecule has 4 rings (SSSR count). The molecule has 1 aromatic rings. The molecule has 1 aromatic heterocycles. The standard InChI is InChI=1S/C26H41FN4O/c1-3-4-18-17(10-13-27)5-6-20-19(18)9-12-26(2)21(20)7-8-22(26)25(32)16-31(29)24-15-30-14-11-23(24)28/h11,14-15,17-22H,3-10,12-13,16,29H2,1-2H3,(H2,28,30). The summed E-state index contributed by atoms with van der Waals surface area (Å²) in [5.74, 6) is 9.77. The van der Waals surface area contributed by atoms with Gasteiger partial charge < -0.3 is 10.7 Å². The summed E-state index contributed by atoms with van der Waals surface area (Å²) in [6, 6.07) is 1.71. The molecule has 178 valence electrons. The Bertz CT molecular complexity index is 804. The number of hydrogen-bond donors (Lipinski definition) is 2. The van der Waals surface area contributed by atoms with Crippen molar-refractivity contribution in [1.29, 1.82) is 0 Å². The molecule has 0 aromatic carbocycles. The van der Waals surface area contributed by atoms with Gasteiger partial charge >= 0.3 is 0 Å². The highest BCUT2D eigenvalue weighted by molar-refractivity contribution is 5.87. The van der Waals surface area contributed by atoms with Gasteiger partial charge in [0, 0.05) is 12.1 Å². The van der Waals surface area contributed by atoms with Gasteiger partial charge in [0.25, 0.3) is 0 Å². The number of aromatic nitrogens is 1. The van der Waals surface area contributed by atoms with Crippen LogP contribution in [0.25, 0.3) is 0 Å². The summed E-state index contributed by atoms with van der Waals surface area (Å²) in [6.45, 7) is 4.62. The fourth-order valence-electron chi connectivity index (χ4n) is 8.04. The van der Waals surface area contributed by atoms with Crippen LogP contribution >= 0.6 is 0 Å². The number of ketones is 1. The average molecular weight is 445 g/mol. The Labute approximate surface area is 192 Å². The molecule has 0 saturated heterocycles. The number of nitrogens with two attached hydrogens (primary N) is 2. The minimum atomic E-state index is -0.184. The first-order valence-corrected chi connectivity index (χ1v) is 12.7. The maximum atomic E-state index is 13.4. The van der Waals surface area contributed by atoms with Crippen LogP contribution in [-0.2, 0) is 4.79 Å². The molecule has 0 radical (unpaired) electrons. The Morgan fingerprint density at radius 1 is 1.22 bits per heavy atom. The van der Waals surface area contributed by atoms with Gasteiger partial charge in [0.05, 0.1) is 30.8 Å². The highest BCUT2D eigenvalue weighted by Gasteiger charge is 2.57. The first kappa shape index (κ1) is 23.5. The van der Waals surface area contributed by atoms with E-state index >= 15 is 0 Å². The number of hydrogen-bond acceptors (Lipinski definition) is 5. The molecule has 32 heavy (non-hydrogen) atoms. The Hall–Kier alpha value is -1.69. The predicted molar refractivity (Wildman–Crippen MR) is 127 cm³/mol. The lowest BCUT2D eigenvalue weighted by Gasteiger charge is -2.54. The van der Waals surface area contributed by atoms with Crippen LogP contribution in [0.4, 0.5) is 15.8 Å². The predicted octanol–water partition coefficient (Wildman–Crippen LogP) is 5.16. The third kappa shape index (κ3) is 4.15. The van der Waals surface area contributed by atoms with Crippen molar-refractivity contribution in [2.24, 2.45) is 46.8 Å². The van der Waals surface area contributed by atoms with Crippen LogP contribution in [-0.4, -0.2) is 24.0 Å². The van der Waals surface area contributed by atoms with Gasteiger partial charge in [-0.25, -0.2) is 5.84 Å². The van der Waals surface area contributed by atoms with Gasteiger partial charge in [0.15, 0.2) is 5.78 Å². The van der Waals surface area contributed by atoms with E-state index in [1.165, 1.54) is 30.7 Å². The Kier molecular flexibility index (Phi) is 7.09. The zero-order valence-electron chi connectivity index (χ0n) is 19.8. The van der Waals surface area contributed by atoms with Crippen molar-refractivity contribution in [3.8, 4) is 0 Å². The molecular weight excluding hydrogens is 403 g/mol. The van der Waals surface area contributed by atoms with Crippen molar-refractivity contribution in [2.75, 3.05) is 24.0 Å². The number of anilines is 2. The number of rotatable bonds is 8. The lowest BCUT2D eigenvalue weighted by atomic mass is 9.50. The zero-order chi connectivity index (χ0) is 22.9. The normalized spacial score (nSPS) is 36.4. The van der Waals surface area contributed by atoms with E-state index in [9.17, 15) is 9.18 Å². The molecule has 4 N–H and O–H groups in total. The van der Waals surface area contributed by atoms with Gasteiger partial charge in [-0.1, -0.05) is 26.7 Å². The average Bonchev–Trinajstić information content (AvgIpc) is 3.13. The topological polar surface area (TPSA) is 85.2 Å². The van der Waals surface area contributed by atoms with Gasteiger partial charge in [-0.05, 0) is 86.0 Å². The number of fused-ring (bicyclic) bond motifs is 3. The Morgan fingerprint density at radius 2 is 2.03 bits per heavy atom. The summed E-state index contributed by atoms with van der Waals surface area (Å²) in [6.07, 6.45) is 13.2. The summed E-state index contributed by atoms with van der Waals surface area (Å²) in [5, 5.41) is 1.46. The quantitative estimate of drug-likeness (QED) is 0.427. The largest absolute Gasteiger partial charge is 0.397 e. The number of carbonyl (C=O) groups excluding carboxylic acids is 1. The van der Waals surface area contributed by atoms with E-state index < -0.39 is 0 Å². The molecule has 0 amide bonds. The monoisotopic (exact) mass is 444 g/mol. The van der Waals surface area contributed by atoms with E-state index in [1.54, 1.807) is 18.5 Å². The second kappa shape index (κ2) is 9.66. The van der Waals surface area contributed by atoms with Gasteiger partial charge in [-0.2, -0.15) is 0 Å². The van der Waals surface area contributed by atoms with Crippen molar-refractivity contribution in [3.05, 3.63) is 18.5 Å². The summed E-state index contributed by atoms with van der Waals surface area (Å²) in [7, 11) is 0. The van der Waals surface area contributed by atoms with Crippen LogP contribution in [0.5, 0.6) is 0 Å². The molecule has 3 saturated carbocycles. The van der Waals surface area contributed by atoms with Crippen molar-refractivity contribution in [3.63, 3.8) is 0 Å². The molecule has 6 heteroatoms. The number of nitrogens with zero attached hydrogens (tertiary/aromatic N) is 2. The van der Waals surface area contributed by atoms with Crippen LogP contribution in [0.1, 0.15) is 71.6 Å². The third-order valence-corrected chi connectivity index (χ3v) is 9.48. The van der Waals surface area contributed by atoms with Crippen LogP contribution in [0, 0.1) is 40.9 Å². The smallest absolute Gasteiger partial charge is 0.157 e. The van der Waals surface area contributed by atoms with Crippen LogP contribution in [0.15, 0.2) is 18.5 Å². The SMILES string of the molecule is CCCC1C(CCF)CCC2C1CCC1(C)C(C(=O)CN(N)c3cnccc3N)CCC21. The minimum absolute atomic E-state index is 0.0588. The fourth-order valence-corrected chi connectivity index (χ4v) is 8.04. The first-order valence-electron chi connectivity index (χ1n) is 12.7. The summed E-state index contributed by atoms with van der Waals surface area (Å²) < 4.78 is 13.2. The first-order chi connectivity index (χ1) is 15.4. The van der Waals surface area contributed by atoms with Crippen molar-refractivity contribution in [1.82, 2.24) is 4.98 Å². The summed E-state index contributed by atoms with van der Waals surface area (Å²) in [4.78, 5) is 17.5. The molecule has 0 spiro atoms. The van der Waals surface area contributed by atoms with E-state index in [0.717, 1.165) is 32.1 Å². The number of halogens is 1. The molecule has 1 heterocycles. The molecular formula is C26H41FN4O. The van der Waals surface area contributed by atoms with E-state index in [4.69, 9.17) is 11.6 Å². The second-order valence-corrected chi connectivity index (χ2v) is 10.9. The second-order valence-electron chi connectivity index (χ2n) is 10.9. The fraction of sp³-hybridized carbons (Fsp3) is 0.769. The zero-order valence-corrected chi connectivity index (χ0v) is 19.8. The van der Waals surface area contributed by atoms with Gasteiger partial charge in [-0.15, -0.1) is 0 Å². The number of hydrazine groups is 1. The van der Waals surface area contributed by atoms with E-state index in [0.29, 0.717) is 41.0 Å². The lowest BCUT2D eigenvalue weighted by Crippen LogP contribution is -2.49. The summed E-state index contributed by atoms with van der Waals surface area (Å²) >= 11 is 0. The van der Waals surface area contributed by atoms with Crippen molar-refractivity contribution < 1.29 is 9.18 Å². The number of alkyl halides is 1. The third-order valence-electron chi connectivity index (χ3n) is 9.48. The summed E-state index contributed by atoms with van der Waals surface area (Å²) in [5.41, 5.74) is 7.24. The Morgan fingerprint density at radius 3 is 2.75 bits per heavy atom. The molecule has 7 unspecified atom stereocenters. The van der Waals surface area contributed by atoms with Crippen LogP contribution < -0.4 is 16.6 Å². The Balaban J connectivity index is 1.47. The number of nitrogen functional groups attached to an aromatic ring is 1. The maximum Gasteiger partial charge on any atom is 0.157 e. The molecule has 7 atom stereocenters. The highest BCUT2D eigenvalue weighted by Crippen LogP contribution is 2.63. The maximum absolute atomic E-state index is 13.4. The molecule has 0 aliphatic heterocycles. The van der Waals surface area contributed by atoms with E-state index in [1.807, 2.05) is 0 Å². The van der Waals surface area contributed by atoms with Crippen molar-refractivity contribution in [2.45, 2.75) is 71.6 Å². The molecule has 5 nitrogen and oxygen atoms in total. The van der Waals surface area contributed by atoms with Gasteiger partial charge in [0.2, 0.25) is 0 Å². The molecule has 3 aliphatic rings. The van der Waals surface area contributed by atoms with Crippen LogP contribution in [0.2, 0.25) is 0 Å². The molecule has 3 fully saturated rings. The molecule has 0 bridgehead atoms. The lowest BCUT2D eigenvalue weighted by molar-refractivity contribution is -0.128. The van der Waals surface area contributed by atoms with Crippen molar-refractivity contribution >= 4 is 17.2 Å². The van der Waals surface area contributed by atoms with Gasteiger partial charge in [0.1, 0.15) is 0 Å². The number of Topliss-reactive ketones (excluding diaryl/α,β-unsaturated/α-hetero) is 1. The number of pyridine rings is 1. The van der Waals surface area contributed by atoms with Crippen LogP contribution in [0.3, 0.4) is 0 Å². The number of carbonyl (C=O) groups is 1. The van der Waals surface area contributed by atoms with Gasteiger partial charge in [-0.3, -0.25) is 14.2 Å². The van der Waals surface area contributed by atoms with E-state index in [2.05, 4.69) is 18.8 Å². The molecule has 3 aliphatic carbocycles.